The topological polar surface area (TPSA) is 23.5 Å². The Bertz CT molecular complexity index is 1250. The summed E-state index contributed by atoms with van der Waals surface area (Å²) < 4.78 is 0. The molecule has 0 fully saturated rings. The van der Waals surface area contributed by atoms with Gasteiger partial charge >= 0.3 is 0 Å². The van der Waals surface area contributed by atoms with E-state index in [4.69, 9.17) is 0 Å². The summed E-state index contributed by atoms with van der Waals surface area (Å²) in [6.07, 6.45) is 0. The standard InChI is InChI=1S/C32H36NOP/c1-31(2,3)23-21-26(32(4,5)6)30(34)29(22-23)35-28-20-14-13-19-27(28)33(24-15-9-7-10-16-24)25-17-11-8-12-18-25/h7-22,34-35H,1-6H3. The largest absolute Gasteiger partial charge is 0.507 e. The van der Waals surface area contributed by atoms with Crippen LogP contribution in [-0.2, 0) is 10.8 Å². The van der Waals surface area contributed by atoms with Crippen LogP contribution >= 0.6 is 8.58 Å². The van der Waals surface area contributed by atoms with Crippen molar-refractivity contribution in [2.24, 2.45) is 0 Å². The zero-order valence-corrected chi connectivity index (χ0v) is 22.6. The fraction of sp³-hybridized carbons (Fsp3) is 0.250. The molecule has 0 saturated carbocycles. The summed E-state index contributed by atoms with van der Waals surface area (Å²) in [5, 5.41) is 13.6. The minimum absolute atomic E-state index is 0.00738. The number of aromatic hydroxyl groups is 1. The van der Waals surface area contributed by atoms with Crippen molar-refractivity contribution in [2.75, 3.05) is 4.90 Å². The summed E-state index contributed by atoms with van der Waals surface area (Å²) in [4.78, 5) is 2.30. The van der Waals surface area contributed by atoms with Gasteiger partial charge in [-0.2, -0.15) is 0 Å². The molecule has 0 aromatic heterocycles. The Morgan fingerprint density at radius 1 is 0.600 bits per heavy atom. The highest BCUT2D eigenvalue weighted by Gasteiger charge is 2.26. The van der Waals surface area contributed by atoms with Gasteiger partial charge in [0.1, 0.15) is 5.75 Å². The van der Waals surface area contributed by atoms with E-state index >= 15 is 0 Å². The highest BCUT2D eigenvalue weighted by molar-refractivity contribution is 7.56. The Kier molecular flexibility index (Phi) is 7.06. The number of benzene rings is 4. The first-order valence-corrected chi connectivity index (χ1v) is 13.2. The van der Waals surface area contributed by atoms with Crippen LogP contribution in [0.15, 0.2) is 97.1 Å². The number of phenolic OH excluding ortho intramolecular Hbond substituents is 1. The SMILES string of the molecule is CC(C)(C)c1cc(Pc2ccccc2N(c2ccccc2)c2ccccc2)c(O)c(C(C)(C)C)c1. The number of nitrogens with zero attached hydrogens (tertiary/aromatic N) is 1. The minimum atomic E-state index is -0.149. The second-order valence-corrected chi connectivity index (χ2v) is 12.4. The van der Waals surface area contributed by atoms with E-state index in [9.17, 15) is 5.11 Å². The molecule has 0 spiro atoms. The summed E-state index contributed by atoms with van der Waals surface area (Å²) in [5.74, 6) is 0.421. The molecule has 0 amide bonds. The van der Waals surface area contributed by atoms with E-state index in [0.717, 1.165) is 27.9 Å². The predicted octanol–water partition coefficient (Wildman–Crippen LogP) is 8.09. The van der Waals surface area contributed by atoms with Crippen LogP contribution < -0.4 is 15.5 Å². The zero-order valence-electron chi connectivity index (χ0n) is 21.6. The van der Waals surface area contributed by atoms with Gasteiger partial charge in [-0.25, -0.2) is 0 Å². The lowest BCUT2D eigenvalue weighted by molar-refractivity contribution is 0.449. The van der Waals surface area contributed by atoms with Crippen molar-refractivity contribution in [3.05, 3.63) is 108 Å². The van der Waals surface area contributed by atoms with E-state index in [2.05, 4.69) is 131 Å². The molecule has 1 unspecified atom stereocenters. The maximum atomic E-state index is 11.4. The highest BCUT2D eigenvalue weighted by Crippen LogP contribution is 2.39. The molecular formula is C32H36NOP. The normalized spacial score (nSPS) is 12.3. The number of anilines is 3. The van der Waals surface area contributed by atoms with Crippen LogP contribution in [0.5, 0.6) is 5.75 Å². The molecule has 1 atom stereocenters. The second kappa shape index (κ2) is 9.88. The Labute approximate surface area is 212 Å². The summed E-state index contributed by atoms with van der Waals surface area (Å²) in [5.41, 5.74) is 5.45. The van der Waals surface area contributed by atoms with Gasteiger partial charge in [-0.15, -0.1) is 0 Å². The first kappa shape index (κ1) is 25.0. The third kappa shape index (κ3) is 5.60. The van der Waals surface area contributed by atoms with E-state index < -0.39 is 0 Å². The Hall–Kier alpha value is -3.09. The van der Waals surface area contributed by atoms with Gasteiger partial charge in [0.2, 0.25) is 0 Å². The summed E-state index contributed by atoms with van der Waals surface area (Å²) in [6, 6.07) is 33.9. The second-order valence-electron chi connectivity index (χ2n) is 11.1. The molecule has 1 N–H and O–H groups in total. The molecule has 4 aromatic rings. The highest BCUT2D eigenvalue weighted by atomic mass is 31.1. The van der Waals surface area contributed by atoms with Crippen molar-refractivity contribution in [3.63, 3.8) is 0 Å². The van der Waals surface area contributed by atoms with Gasteiger partial charge in [0.25, 0.3) is 0 Å². The first-order chi connectivity index (χ1) is 16.6. The van der Waals surface area contributed by atoms with Crippen molar-refractivity contribution in [1.82, 2.24) is 0 Å². The molecule has 0 bridgehead atoms. The smallest absolute Gasteiger partial charge is 0.127 e. The molecule has 4 rings (SSSR count). The summed E-state index contributed by atoms with van der Waals surface area (Å²) in [7, 11) is 0.316. The maximum Gasteiger partial charge on any atom is 0.127 e. The molecule has 4 aromatic carbocycles. The van der Waals surface area contributed by atoms with Crippen molar-refractivity contribution >= 4 is 36.3 Å². The van der Waals surface area contributed by atoms with E-state index in [-0.39, 0.29) is 10.8 Å². The third-order valence-corrected chi connectivity index (χ3v) is 7.57. The predicted molar refractivity (Wildman–Crippen MR) is 154 cm³/mol. The molecule has 35 heavy (non-hydrogen) atoms. The van der Waals surface area contributed by atoms with Gasteiger partial charge in [-0.05, 0) is 52.8 Å². The summed E-state index contributed by atoms with van der Waals surface area (Å²) >= 11 is 0. The molecule has 0 aliphatic rings. The lowest BCUT2D eigenvalue weighted by Crippen LogP contribution is -2.22. The fourth-order valence-electron chi connectivity index (χ4n) is 4.24. The van der Waals surface area contributed by atoms with Gasteiger partial charge in [0, 0.05) is 27.5 Å². The van der Waals surface area contributed by atoms with Crippen LogP contribution in [0.25, 0.3) is 0 Å². The van der Waals surface area contributed by atoms with Crippen LogP contribution in [0.2, 0.25) is 0 Å². The third-order valence-electron chi connectivity index (χ3n) is 6.23. The molecule has 3 heteroatoms. The van der Waals surface area contributed by atoms with Gasteiger partial charge in [-0.1, -0.05) is 111 Å². The maximum absolute atomic E-state index is 11.4. The monoisotopic (exact) mass is 481 g/mol. The lowest BCUT2D eigenvalue weighted by atomic mass is 9.80. The molecule has 0 radical (unpaired) electrons. The number of para-hydroxylation sites is 3. The molecule has 2 nitrogen and oxygen atoms in total. The average molecular weight is 482 g/mol. The molecular weight excluding hydrogens is 445 g/mol. The van der Waals surface area contributed by atoms with E-state index in [1.165, 1.54) is 10.9 Å². The lowest BCUT2D eigenvalue weighted by Gasteiger charge is -2.29. The van der Waals surface area contributed by atoms with Gasteiger partial charge in [-0.3, -0.25) is 0 Å². The zero-order chi connectivity index (χ0) is 25.2. The van der Waals surface area contributed by atoms with Crippen molar-refractivity contribution < 1.29 is 5.11 Å². The first-order valence-electron chi connectivity index (χ1n) is 12.2. The summed E-state index contributed by atoms with van der Waals surface area (Å²) in [6.45, 7) is 13.2. The number of phenols is 1. The van der Waals surface area contributed by atoms with Crippen LogP contribution in [0, 0.1) is 0 Å². The van der Waals surface area contributed by atoms with Crippen LogP contribution in [-0.4, -0.2) is 5.11 Å². The van der Waals surface area contributed by atoms with Gasteiger partial charge in [0.15, 0.2) is 0 Å². The molecule has 180 valence electrons. The Balaban J connectivity index is 1.88. The van der Waals surface area contributed by atoms with Crippen molar-refractivity contribution in [1.29, 1.82) is 0 Å². The van der Waals surface area contributed by atoms with Crippen LogP contribution in [0.3, 0.4) is 0 Å². The Morgan fingerprint density at radius 3 is 1.63 bits per heavy atom. The quantitative estimate of drug-likeness (QED) is 0.291. The molecule has 0 heterocycles. The van der Waals surface area contributed by atoms with Crippen LogP contribution in [0.4, 0.5) is 17.1 Å². The van der Waals surface area contributed by atoms with E-state index in [0.29, 0.717) is 14.3 Å². The number of rotatable bonds is 5. The average Bonchev–Trinajstić information content (AvgIpc) is 2.81. The molecule has 0 aliphatic carbocycles. The van der Waals surface area contributed by atoms with Crippen molar-refractivity contribution in [2.45, 2.75) is 52.4 Å². The van der Waals surface area contributed by atoms with Crippen molar-refractivity contribution in [3.8, 4) is 5.75 Å². The fourth-order valence-corrected chi connectivity index (χ4v) is 5.51. The number of hydrogen-bond acceptors (Lipinski definition) is 2. The number of hydrogen-bond donors (Lipinski definition) is 1. The molecule has 0 saturated heterocycles. The molecule has 0 aliphatic heterocycles. The van der Waals surface area contributed by atoms with E-state index in [1.807, 2.05) is 12.1 Å². The van der Waals surface area contributed by atoms with E-state index in [1.54, 1.807) is 0 Å². The van der Waals surface area contributed by atoms with Gasteiger partial charge < -0.3 is 10.0 Å². The minimum Gasteiger partial charge on any atom is -0.507 e. The van der Waals surface area contributed by atoms with Crippen LogP contribution in [0.1, 0.15) is 52.7 Å². The van der Waals surface area contributed by atoms with Gasteiger partial charge in [0.05, 0.1) is 5.69 Å². The Morgan fingerprint density at radius 2 is 1.11 bits per heavy atom.